The van der Waals surface area contributed by atoms with Crippen LogP contribution in [-0.4, -0.2) is 37.7 Å². The average Bonchev–Trinajstić information content (AvgIpc) is 1.72. The summed E-state index contributed by atoms with van der Waals surface area (Å²) in [6.45, 7) is 0. The molecule has 1 aliphatic rings. The molecule has 7 heavy (non-hydrogen) atoms. The molecule has 0 spiro atoms. The fourth-order valence-corrected chi connectivity index (χ4v) is 0.219. The Morgan fingerprint density at radius 3 is 1.57 bits per heavy atom. The topological polar surface area (TPSA) is 18.5 Å². The molecule has 0 fully saturated rings. The van der Waals surface area contributed by atoms with Gasteiger partial charge in [0, 0.05) is 0 Å². The summed E-state index contributed by atoms with van der Waals surface area (Å²) in [5.74, 6) is 0. The first-order chi connectivity index (χ1) is 3.00. The molecule has 0 saturated heterocycles. The minimum absolute atomic E-state index is 0. The molecule has 0 aliphatic carbocycles. The van der Waals surface area contributed by atoms with Gasteiger partial charge >= 0.3 is 37.7 Å². The van der Waals surface area contributed by atoms with E-state index in [1.165, 1.54) is 12.5 Å². The van der Waals surface area contributed by atoms with Crippen LogP contribution in [-0.2, 0) is 9.78 Å². The Morgan fingerprint density at radius 2 is 1.43 bits per heavy atom. The molecule has 36 valence electrons. The molecule has 3 heteroatoms. The van der Waals surface area contributed by atoms with Crippen molar-refractivity contribution in [2.24, 2.45) is 0 Å². The van der Waals surface area contributed by atoms with E-state index in [4.69, 9.17) is 0 Å². The molecule has 1 rings (SSSR count). The van der Waals surface area contributed by atoms with Gasteiger partial charge in [-0.3, -0.25) is 9.78 Å². The van der Waals surface area contributed by atoms with Crippen molar-refractivity contribution in [1.29, 1.82) is 0 Å². The van der Waals surface area contributed by atoms with Gasteiger partial charge in [-0.05, 0) is 12.2 Å². The van der Waals surface area contributed by atoms with E-state index in [2.05, 4.69) is 9.78 Å². The number of hydrogen-bond acceptors (Lipinski definition) is 2. The van der Waals surface area contributed by atoms with Crippen molar-refractivity contribution < 1.29 is 12.6 Å². The van der Waals surface area contributed by atoms with Gasteiger partial charge in [0.2, 0.25) is 0 Å². The summed E-state index contributed by atoms with van der Waals surface area (Å²) in [5, 5.41) is 0. The van der Waals surface area contributed by atoms with Crippen LogP contribution in [0.4, 0.5) is 0 Å². The molecule has 0 amide bonds. The molecule has 0 radical (unpaired) electrons. The van der Waals surface area contributed by atoms with Gasteiger partial charge in [0.15, 0.2) is 0 Å². The molecular formula is C4H6CaO2. The van der Waals surface area contributed by atoms with Crippen molar-refractivity contribution in [2.75, 3.05) is 0 Å². The Bertz CT molecular complexity index is 82.6. The van der Waals surface area contributed by atoms with E-state index in [1.807, 2.05) is 0 Å². The Labute approximate surface area is 74.7 Å². The summed E-state index contributed by atoms with van der Waals surface area (Å²) < 4.78 is 0. The molecule has 0 unspecified atom stereocenters. The van der Waals surface area contributed by atoms with Crippen LogP contribution in [0.5, 0.6) is 0 Å². The largest absolute Gasteiger partial charge is 2.00 e. The Hall–Kier alpha value is 0.340. The van der Waals surface area contributed by atoms with Crippen LogP contribution in [0.15, 0.2) is 24.7 Å². The van der Waals surface area contributed by atoms with Gasteiger partial charge in [0.05, 0.1) is 0 Å². The van der Waals surface area contributed by atoms with Crippen LogP contribution >= 0.6 is 0 Å². The van der Waals surface area contributed by atoms with Crippen LogP contribution in [0.1, 0.15) is 2.85 Å². The van der Waals surface area contributed by atoms with E-state index in [9.17, 15) is 0 Å². The molecule has 1 heterocycles. The van der Waals surface area contributed by atoms with Gasteiger partial charge in [-0.15, -0.1) is 0 Å². The fraction of sp³-hybridized carbons (Fsp3) is 0. The van der Waals surface area contributed by atoms with Gasteiger partial charge in [-0.25, -0.2) is 0 Å². The normalized spacial score (nSPS) is 13.7. The Kier molecular flexibility index (Phi) is 4.72. The van der Waals surface area contributed by atoms with E-state index in [-0.39, 0.29) is 40.6 Å². The second-order valence-electron chi connectivity index (χ2n) is 0.850. The zero-order valence-electron chi connectivity index (χ0n) is 5.83. The van der Waals surface area contributed by atoms with Gasteiger partial charge in [0.1, 0.15) is 12.5 Å². The maximum absolute atomic E-state index is 4.30. The Balaban J connectivity index is -0.000000120. The molecule has 0 N–H and O–H groups in total. The summed E-state index contributed by atoms with van der Waals surface area (Å²) in [4.78, 5) is 8.60. The molecule has 0 atom stereocenters. The molecule has 0 aromatic carbocycles. The second-order valence-corrected chi connectivity index (χ2v) is 0.850. The third kappa shape index (κ3) is 2.97. The van der Waals surface area contributed by atoms with Crippen LogP contribution in [0.2, 0.25) is 0 Å². The number of rotatable bonds is 0. The second kappa shape index (κ2) is 4.50. The number of hydrogen-bond donors (Lipinski definition) is 0. The van der Waals surface area contributed by atoms with Gasteiger partial charge in [-0.1, -0.05) is 0 Å². The zero-order valence-corrected chi connectivity index (χ0v) is 6.04. The van der Waals surface area contributed by atoms with E-state index in [0.29, 0.717) is 0 Å². The van der Waals surface area contributed by atoms with Gasteiger partial charge in [0.25, 0.3) is 0 Å². The summed E-state index contributed by atoms with van der Waals surface area (Å²) in [5.41, 5.74) is 0. The molecule has 0 aromatic heterocycles. The summed E-state index contributed by atoms with van der Waals surface area (Å²) >= 11 is 0. The predicted octanol–water partition coefficient (Wildman–Crippen LogP) is 0.820. The fourth-order valence-electron chi connectivity index (χ4n) is 0.219. The minimum Gasteiger partial charge on any atom is -1.00 e. The smallest absolute Gasteiger partial charge is 1.00 e. The minimum atomic E-state index is 0. The van der Waals surface area contributed by atoms with E-state index >= 15 is 0 Å². The van der Waals surface area contributed by atoms with Crippen LogP contribution in [0.3, 0.4) is 0 Å². The maximum atomic E-state index is 4.30. The molecule has 1 aliphatic heterocycles. The molecule has 0 saturated carbocycles. The summed E-state index contributed by atoms with van der Waals surface area (Å²) in [6.07, 6.45) is 6.40. The van der Waals surface area contributed by atoms with Gasteiger partial charge in [-0.2, -0.15) is 0 Å². The molecule has 0 aromatic rings. The van der Waals surface area contributed by atoms with Crippen molar-refractivity contribution in [1.82, 2.24) is 0 Å². The third-order valence-electron chi connectivity index (χ3n) is 0.435. The van der Waals surface area contributed by atoms with Crippen LogP contribution in [0.25, 0.3) is 0 Å². The molecule has 0 bridgehead atoms. The van der Waals surface area contributed by atoms with Crippen LogP contribution in [0, 0.1) is 0 Å². The first-order valence-electron chi connectivity index (χ1n) is 1.64. The van der Waals surface area contributed by atoms with Crippen molar-refractivity contribution in [3.8, 4) is 0 Å². The molecule has 2 nitrogen and oxygen atoms in total. The van der Waals surface area contributed by atoms with E-state index < -0.39 is 0 Å². The first kappa shape index (κ1) is 7.34. The Morgan fingerprint density at radius 1 is 1.00 bits per heavy atom. The van der Waals surface area contributed by atoms with E-state index in [0.717, 1.165) is 0 Å². The SMILES string of the molecule is C1=COOC=C1.[Ca+2].[H-].[H-]. The summed E-state index contributed by atoms with van der Waals surface area (Å²) in [7, 11) is 0. The van der Waals surface area contributed by atoms with Crippen molar-refractivity contribution >= 4 is 37.7 Å². The van der Waals surface area contributed by atoms with Gasteiger partial charge < -0.3 is 2.85 Å². The van der Waals surface area contributed by atoms with Crippen molar-refractivity contribution in [2.45, 2.75) is 0 Å². The summed E-state index contributed by atoms with van der Waals surface area (Å²) in [6, 6.07) is 0. The van der Waals surface area contributed by atoms with Crippen LogP contribution < -0.4 is 0 Å². The molecular weight excluding hydrogens is 120 g/mol. The van der Waals surface area contributed by atoms with E-state index in [1.54, 1.807) is 12.2 Å². The van der Waals surface area contributed by atoms with Crippen molar-refractivity contribution in [3.05, 3.63) is 24.7 Å². The zero-order chi connectivity index (χ0) is 4.24. The standard InChI is InChI=1S/C4H4O2.Ca.2H/c1-2-4-6-5-3-1;;;/h1-4H;;;/q;+2;2*-1. The first-order valence-corrected chi connectivity index (χ1v) is 1.64. The monoisotopic (exact) mass is 126 g/mol. The predicted molar refractivity (Wildman–Crippen MR) is 28.4 cm³/mol. The average molecular weight is 126 g/mol. The third-order valence-corrected chi connectivity index (χ3v) is 0.435. The van der Waals surface area contributed by atoms with Crippen molar-refractivity contribution in [3.63, 3.8) is 0 Å². The quantitative estimate of drug-likeness (QED) is 0.353. The maximum Gasteiger partial charge on any atom is 2.00 e. The number of allylic oxidation sites excluding steroid dienone is 2.